The smallest absolute Gasteiger partial charge is 0.248 e. The molecule has 2 aliphatic heterocycles. The standard InChI is InChI=1S/C16H28N2O2S/c1-5-16(4)15(20)18(10-12-6-8-21-9-7-12)13(11(2)3)14(19)17-16/h11-13H,5-10H2,1-4H3,(H,17,19). The van der Waals surface area contributed by atoms with E-state index in [9.17, 15) is 9.59 Å². The molecule has 0 saturated carbocycles. The molecule has 0 radical (unpaired) electrons. The fourth-order valence-electron chi connectivity index (χ4n) is 3.29. The van der Waals surface area contributed by atoms with Crippen LogP contribution in [0.5, 0.6) is 0 Å². The lowest BCUT2D eigenvalue weighted by atomic mass is 9.87. The topological polar surface area (TPSA) is 49.4 Å². The monoisotopic (exact) mass is 312 g/mol. The van der Waals surface area contributed by atoms with E-state index in [1.54, 1.807) is 0 Å². The van der Waals surface area contributed by atoms with Crippen molar-refractivity contribution in [1.29, 1.82) is 0 Å². The van der Waals surface area contributed by atoms with Crippen LogP contribution in [0.25, 0.3) is 0 Å². The number of nitrogens with zero attached hydrogens (tertiary/aromatic N) is 1. The van der Waals surface area contributed by atoms with Gasteiger partial charge in [-0.3, -0.25) is 9.59 Å². The van der Waals surface area contributed by atoms with E-state index in [1.807, 2.05) is 44.4 Å². The van der Waals surface area contributed by atoms with Crippen molar-refractivity contribution >= 4 is 23.6 Å². The van der Waals surface area contributed by atoms with Gasteiger partial charge in [-0.2, -0.15) is 11.8 Å². The minimum absolute atomic E-state index is 0.0131. The summed E-state index contributed by atoms with van der Waals surface area (Å²) in [5, 5.41) is 2.96. The van der Waals surface area contributed by atoms with E-state index in [0.717, 1.165) is 19.4 Å². The van der Waals surface area contributed by atoms with Crippen LogP contribution in [-0.4, -0.2) is 46.3 Å². The zero-order chi connectivity index (χ0) is 15.6. The number of thioether (sulfide) groups is 1. The molecule has 1 N–H and O–H groups in total. The minimum Gasteiger partial charge on any atom is -0.340 e. The van der Waals surface area contributed by atoms with Crippen molar-refractivity contribution in [2.45, 2.75) is 58.5 Å². The van der Waals surface area contributed by atoms with Crippen molar-refractivity contribution in [3.05, 3.63) is 0 Å². The van der Waals surface area contributed by atoms with Crippen LogP contribution in [0.1, 0.15) is 47.0 Å². The molecule has 2 saturated heterocycles. The summed E-state index contributed by atoms with van der Waals surface area (Å²) in [6.45, 7) is 8.60. The Kier molecular flexibility index (Phi) is 5.23. The molecule has 21 heavy (non-hydrogen) atoms. The highest BCUT2D eigenvalue weighted by atomic mass is 32.2. The number of hydrogen-bond donors (Lipinski definition) is 1. The van der Waals surface area contributed by atoms with Crippen LogP contribution in [0.3, 0.4) is 0 Å². The third-order valence-electron chi connectivity index (χ3n) is 4.87. The van der Waals surface area contributed by atoms with Gasteiger partial charge in [-0.1, -0.05) is 20.8 Å². The summed E-state index contributed by atoms with van der Waals surface area (Å²) in [4.78, 5) is 27.3. The molecule has 2 fully saturated rings. The van der Waals surface area contributed by atoms with E-state index in [0.29, 0.717) is 12.3 Å². The Morgan fingerprint density at radius 3 is 2.48 bits per heavy atom. The van der Waals surface area contributed by atoms with Crippen LogP contribution < -0.4 is 5.32 Å². The fraction of sp³-hybridized carbons (Fsp3) is 0.875. The summed E-state index contributed by atoms with van der Waals surface area (Å²) in [5.74, 6) is 3.16. The Morgan fingerprint density at radius 2 is 1.95 bits per heavy atom. The van der Waals surface area contributed by atoms with Crippen LogP contribution in [0.4, 0.5) is 0 Å². The highest BCUT2D eigenvalue weighted by Gasteiger charge is 2.48. The van der Waals surface area contributed by atoms with Crippen molar-refractivity contribution in [2.24, 2.45) is 11.8 Å². The van der Waals surface area contributed by atoms with Gasteiger partial charge in [-0.05, 0) is 49.5 Å². The molecule has 0 aromatic heterocycles. The number of carbonyl (C=O) groups is 2. The predicted molar refractivity (Wildman–Crippen MR) is 87.2 cm³/mol. The molecule has 4 nitrogen and oxygen atoms in total. The number of piperazine rings is 1. The summed E-state index contributed by atoms with van der Waals surface area (Å²) >= 11 is 1.99. The average Bonchev–Trinajstić information content (AvgIpc) is 2.45. The second kappa shape index (κ2) is 6.59. The Bertz CT molecular complexity index is 407. The average molecular weight is 312 g/mol. The van der Waals surface area contributed by atoms with Gasteiger partial charge in [-0.15, -0.1) is 0 Å². The number of amides is 2. The van der Waals surface area contributed by atoms with Gasteiger partial charge < -0.3 is 10.2 Å². The van der Waals surface area contributed by atoms with Crippen molar-refractivity contribution in [2.75, 3.05) is 18.1 Å². The normalized spacial score (nSPS) is 31.7. The Hall–Kier alpha value is -0.710. The van der Waals surface area contributed by atoms with Crippen molar-refractivity contribution < 1.29 is 9.59 Å². The third kappa shape index (κ3) is 3.38. The molecule has 0 aromatic rings. The number of rotatable bonds is 4. The number of carbonyl (C=O) groups excluding carboxylic acids is 2. The molecule has 2 unspecified atom stereocenters. The van der Waals surface area contributed by atoms with Crippen molar-refractivity contribution in [3.63, 3.8) is 0 Å². The van der Waals surface area contributed by atoms with Gasteiger partial charge in [0.25, 0.3) is 0 Å². The van der Waals surface area contributed by atoms with E-state index in [4.69, 9.17) is 0 Å². The van der Waals surface area contributed by atoms with E-state index >= 15 is 0 Å². The maximum absolute atomic E-state index is 12.9. The van der Waals surface area contributed by atoms with Gasteiger partial charge in [0.2, 0.25) is 11.8 Å². The Labute approximate surface area is 132 Å². The van der Waals surface area contributed by atoms with Crippen molar-refractivity contribution in [1.82, 2.24) is 10.2 Å². The van der Waals surface area contributed by atoms with E-state index in [-0.39, 0.29) is 23.8 Å². The van der Waals surface area contributed by atoms with Crippen LogP contribution in [0.15, 0.2) is 0 Å². The first-order chi connectivity index (χ1) is 9.89. The SMILES string of the molecule is CCC1(C)NC(=O)C(C(C)C)N(CC2CCSCC2)C1=O. The molecule has 5 heteroatoms. The molecule has 0 aromatic carbocycles. The van der Waals surface area contributed by atoms with Gasteiger partial charge in [-0.25, -0.2) is 0 Å². The molecule has 2 amide bonds. The highest BCUT2D eigenvalue weighted by Crippen LogP contribution is 2.29. The quantitative estimate of drug-likeness (QED) is 0.866. The maximum atomic E-state index is 12.9. The largest absolute Gasteiger partial charge is 0.340 e. The molecule has 0 bridgehead atoms. The van der Waals surface area contributed by atoms with E-state index < -0.39 is 5.54 Å². The second-order valence-electron chi connectivity index (χ2n) is 6.88. The second-order valence-corrected chi connectivity index (χ2v) is 8.10. The molecule has 2 heterocycles. The molecule has 0 spiro atoms. The highest BCUT2D eigenvalue weighted by molar-refractivity contribution is 7.99. The van der Waals surface area contributed by atoms with E-state index in [2.05, 4.69) is 5.32 Å². The van der Waals surface area contributed by atoms with Gasteiger partial charge in [0.1, 0.15) is 11.6 Å². The zero-order valence-electron chi connectivity index (χ0n) is 13.6. The molecule has 2 rings (SSSR count). The summed E-state index contributed by atoms with van der Waals surface area (Å²) < 4.78 is 0. The first-order valence-electron chi connectivity index (χ1n) is 8.10. The predicted octanol–water partition coefficient (Wildman–Crippen LogP) is 2.28. The summed E-state index contributed by atoms with van der Waals surface area (Å²) in [5.41, 5.74) is -0.730. The molecule has 0 aliphatic carbocycles. The fourth-order valence-corrected chi connectivity index (χ4v) is 4.49. The Balaban J connectivity index is 2.21. The molecular formula is C16H28N2O2S. The molecule has 120 valence electrons. The Morgan fingerprint density at radius 1 is 1.33 bits per heavy atom. The lowest BCUT2D eigenvalue weighted by Gasteiger charge is -2.47. The van der Waals surface area contributed by atoms with Gasteiger partial charge in [0, 0.05) is 6.54 Å². The lowest BCUT2D eigenvalue weighted by molar-refractivity contribution is -0.157. The third-order valence-corrected chi connectivity index (χ3v) is 5.92. The van der Waals surface area contributed by atoms with Crippen LogP contribution in [0, 0.1) is 11.8 Å². The molecule has 2 atom stereocenters. The van der Waals surface area contributed by atoms with Gasteiger partial charge >= 0.3 is 0 Å². The van der Waals surface area contributed by atoms with Crippen LogP contribution >= 0.6 is 11.8 Å². The molecule has 2 aliphatic rings. The minimum atomic E-state index is -0.730. The maximum Gasteiger partial charge on any atom is 0.248 e. The first-order valence-corrected chi connectivity index (χ1v) is 9.25. The van der Waals surface area contributed by atoms with Crippen LogP contribution in [0.2, 0.25) is 0 Å². The molecular weight excluding hydrogens is 284 g/mol. The van der Waals surface area contributed by atoms with Crippen LogP contribution in [-0.2, 0) is 9.59 Å². The summed E-state index contributed by atoms with van der Waals surface area (Å²) in [7, 11) is 0. The van der Waals surface area contributed by atoms with E-state index in [1.165, 1.54) is 11.5 Å². The van der Waals surface area contributed by atoms with Gasteiger partial charge in [0.05, 0.1) is 0 Å². The zero-order valence-corrected chi connectivity index (χ0v) is 14.5. The number of nitrogens with one attached hydrogen (secondary N) is 1. The number of hydrogen-bond acceptors (Lipinski definition) is 3. The summed E-state index contributed by atoms with van der Waals surface area (Å²) in [6.07, 6.45) is 2.95. The van der Waals surface area contributed by atoms with Gasteiger partial charge in [0.15, 0.2) is 0 Å². The lowest BCUT2D eigenvalue weighted by Crippen LogP contribution is -2.70. The van der Waals surface area contributed by atoms with Crippen molar-refractivity contribution in [3.8, 4) is 0 Å². The summed E-state index contributed by atoms with van der Waals surface area (Å²) in [6, 6.07) is -0.313. The first kappa shape index (κ1) is 16.7.